The summed E-state index contributed by atoms with van der Waals surface area (Å²) in [5, 5.41) is 9.52. The van der Waals surface area contributed by atoms with E-state index in [1.807, 2.05) is 46.8 Å². The van der Waals surface area contributed by atoms with Gasteiger partial charge in [0.15, 0.2) is 0 Å². The lowest BCUT2D eigenvalue weighted by atomic mass is 9.81. The molecule has 0 aromatic carbocycles. The second kappa shape index (κ2) is 5.19. The molecule has 2 amide bonds. The number of pyridine rings is 1. The van der Waals surface area contributed by atoms with Crippen molar-refractivity contribution in [2.24, 2.45) is 0 Å². The number of amides is 2. The summed E-state index contributed by atoms with van der Waals surface area (Å²) in [6.07, 6.45) is 2.11. The second-order valence-electron chi connectivity index (χ2n) is 8.28. The molecule has 0 radical (unpaired) electrons. The Bertz CT molecular complexity index is 687. The predicted molar refractivity (Wildman–Crippen MR) is 91.2 cm³/mol. The number of hydrogen-bond acceptors (Lipinski definition) is 3. The third kappa shape index (κ3) is 2.36. The zero-order chi connectivity index (χ0) is 17.9. The van der Waals surface area contributed by atoms with Crippen molar-refractivity contribution in [3.8, 4) is 0 Å². The molecule has 0 unspecified atom stereocenters. The number of carbonyl (C=O) groups is 2. The zero-order valence-electron chi connectivity index (χ0n) is 14.9. The summed E-state index contributed by atoms with van der Waals surface area (Å²) < 4.78 is 0. The van der Waals surface area contributed by atoms with Crippen molar-refractivity contribution in [2.45, 2.75) is 70.5 Å². The van der Waals surface area contributed by atoms with Crippen LogP contribution in [0.15, 0.2) is 18.3 Å². The smallest absolute Gasteiger partial charge is 0.407 e. The number of rotatable bonds is 2. The Labute approximate surface area is 142 Å². The van der Waals surface area contributed by atoms with Gasteiger partial charge in [-0.05, 0) is 53.5 Å². The van der Waals surface area contributed by atoms with Gasteiger partial charge in [-0.1, -0.05) is 6.07 Å². The molecule has 1 aliphatic carbocycles. The number of aromatic nitrogens is 1. The van der Waals surface area contributed by atoms with Crippen LogP contribution in [0.4, 0.5) is 10.6 Å². The number of anilines is 1. The predicted octanol–water partition coefficient (Wildman–Crippen LogP) is 3.02. The molecule has 1 aliphatic heterocycles. The van der Waals surface area contributed by atoms with Crippen molar-refractivity contribution in [1.82, 2.24) is 9.88 Å². The van der Waals surface area contributed by atoms with Crippen LogP contribution in [0.5, 0.6) is 0 Å². The molecular formula is C18H25N3O3. The van der Waals surface area contributed by atoms with E-state index in [0.29, 0.717) is 12.8 Å². The van der Waals surface area contributed by atoms with Gasteiger partial charge < -0.3 is 10.0 Å². The lowest BCUT2D eigenvalue weighted by molar-refractivity contribution is -0.123. The van der Waals surface area contributed by atoms with Gasteiger partial charge >= 0.3 is 6.09 Å². The molecule has 2 heterocycles. The van der Waals surface area contributed by atoms with E-state index in [1.54, 1.807) is 11.1 Å². The van der Waals surface area contributed by atoms with Gasteiger partial charge in [0.2, 0.25) is 5.91 Å². The Morgan fingerprint density at radius 1 is 1.38 bits per heavy atom. The van der Waals surface area contributed by atoms with E-state index in [0.717, 1.165) is 11.4 Å². The minimum absolute atomic E-state index is 0.0159. The number of carbonyl (C=O) groups excluding carboxylic acids is 1. The minimum Gasteiger partial charge on any atom is -0.465 e. The Hall–Kier alpha value is -2.11. The zero-order valence-corrected chi connectivity index (χ0v) is 14.9. The molecule has 1 aromatic rings. The maximum absolute atomic E-state index is 12.9. The fourth-order valence-electron chi connectivity index (χ4n) is 3.90. The topological polar surface area (TPSA) is 73.7 Å². The highest BCUT2D eigenvalue weighted by atomic mass is 16.4. The van der Waals surface area contributed by atoms with Crippen LogP contribution in [0.1, 0.15) is 53.0 Å². The molecule has 0 bridgehead atoms. The quantitative estimate of drug-likeness (QED) is 0.904. The number of hydrogen-bond donors (Lipinski definition) is 1. The molecule has 6 nitrogen and oxygen atoms in total. The summed E-state index contributed by atoms with van der Waals surface area (Å²) in [6, 6.07) is 3.76. The molecule has 3 rings (SSSR count). The van der Waals surface area contributed by atoms with Crippen LogP contribution in [-0.2, 0) is 10.2 Å². The highest BCUT2D eigenvalue weighted by Gasteiger charge is 2.52. The highest BCUT2D eigenvalue weighted by Crippen LogP contribution is 2.45. The summed E-state index contributed by atoms with van der Waals surface area (Å²) in [6.45, 7) is 9.54. The molecule has 0 spiro atoms. The summed E-state index contributed by atoms with van der Waals surface area (Å²) in [7, 11) is 0. The van der Waals surface area contributed by atoms with E-state index < -0.39 is 17.0 Å². The maximum atomic E-state index is 12.9. The van der Waals surface area contributed by atoms with Gasteiger partial charge in [0.25, 0.3) is 0 Å². The Morgan fingerprint density at radius 3 is 2.54 bits per heavy atom. The molecule has 6 heteroatoms. The first kappa shape index (κ1) is 16.7. The van der Waals surface area contributed by atoms with Crippen LogP contribution in [0, 0.1) is 0 Å². The van der Waals surface area contributed by atoms with Crippen LogP contribution < -0.4 is 4.90 Å². The SMILES string of the molecule is CC1(C)C(=O)N(C2CC(N(C(=O)O)C(C)(C)C)C2)c2ncccc21. The molecule has 130 valence electrons. The first-order valence-corrected chi connectivity index (χ1v) is 8.36. The second-order valence-corrected chi connectivity index (χ2v) is 8.28. The van der Waals surface area contributed by atoms with Crippen molar-refractivity contribution in [3.05, 3.63) is 23.9 Å². The van der Waals surface area contributed by atoms with Crippen LogP contribution >= 0.6 is 0 Å². The number of carboxylic acid groups (broad SMARTS) is 1. The molecule has 0 saturated heterocycles. The molecule has 0 atom stereocenters. The normalized spacial score (nSPS) is 25.2. The molecule has 1 N–H and O–H groups in total. The summed E-state index contributed by atoms with van der Waals surface area (Å²) in [5.74, 6) is 0.783. The Morgan fingerprint density at radius 2 is 2.00 bits per heavy atom. The first-order chi connectivity index (χ1) is 11.0. The van der Waals surface area contributed by atoms with E-state index >= 15 is 0 Å². The van der Waals surface area contributed by atoms with E-state index in [4.69, 9.17) is 0 Å². The number of fused-ring (bicyclic) bond motifs is 1. The highest BCUT2D eigenvalue weighted by molar-refractivity contribution is 6.07. The average Bonchev–Trinajstić information content (AvgIpc) is 2.61. The Kier molecular flexibility index (Phi) is 3.62. The fourth-order valence-corrected chi connectivity index (χ4v) is 3.90. The van der Waals surface area contributed by atoms with E-state index in [1.165, 1.54) is 4.90 Å². The van der Waals surface area contributed by atoms with Gasteiger partial charge in [-0.25, -0.2) is 9.78 Å². The molecule has 1 saturated carbocycles. The molecule has 2 aliphatic rings. The van der Waals surface area contributed by atoms with Crippen LogP contribution in [0.2, 0.25) is 0 Å². The summed E-state index contributed by atoms with van der Waals surface area (Å²) >= 11 is 0. The van der Waals surface area contributed by atoms with Crippen molar-refractivity contribution >= 4 is 17.8 Å². The minimum atomic E-state index is -0.905. The van der Waals surface area contributed by atoms with E-state index in [9.17, 15) is 14.7 Å². The maximum Gasteiger partial charge on any atom is 0.407 e. The number of nitrogens with zero attached hydrogens (tertiary/aromatic N) is 3. The summed E-state index contributed by atoms with van der Waals surface area (Å²) in [5.41, 5.74) is -0.0822. The molecule has 1 aromatic heterocycles. The van der Waals surface area contributed by atoms with Crippen LogP contribution in [0.25, 0.3) is 0 Å². The average molecular weight is 331 g/mol. The van der Waals surface area contributed by atoms with Crippen molar-refractivity contribution in [2.75, 3.05) is 4.90 Å². The van der Waals surface area contributed by atoms with Crippen molar-refractivity contribution < 1.29 is 14.7 Å². The van der Waals surface area contributed by atoms with Gasteiger partial charge in [0.1, 0.15) is 5.82 Å². The van der Waals surface area contributed by atoms with Gasteiger partial charge in [0.05, 0.1) is 5.41 Å². The first-order valence-electron chi connectivity index (χ1n) is 8.36. The lowest BCUT2D eigenvalue weighted by Crippen LogP contribution is -2.61. The molecular weight excluding hydrogens is 306 g/mol. The van der Waals surface area contributed by atoms with Gasteiger partial charge in [0, 0.05) is 29.4 Å². The van der Waals surface area contributed by atoms with Gasteiger partial charge in [-0.2, -0.15) is 0 Å². The largest absolute Gasteiger partial charge is 0.465 e. The fraction of sp³-hybridized carbons (Fsp3) is 0.611. The monoisotopic (exact) mass is 331 g/mol. The molecule has 24 heavy (non-hydrogen) atoms. The summed E-state index contributed by atoms with van der Waals surface area (Å²) in [4.78, 5) is 32.2. The van der Waals surface area contributed by atoms with Gasteiger partial charge in [-0.3, -0.25) is 9.69 Å². The standard InChI is InChI=1S/C18H25N3O3/c1-17(2,3)21(16(23)24)12-9-11(10-12)20-14-13(7-6-8-19-14)18(4,5)15(20)22/h6-8,11-12H,9-10H2,1-5H3,(H,23,24). The van der Waals surface area contributed by atoms with E-state index in [-0.39, 0.29) is 18.0 Å². The third-order valence-corrected chi connectivity index (χ3v) is 5.19. The van der Waals surface area contributed by atoms with Gasteiger partial charge in [-0.15, -0.1) is 0 Å². The van der Waals surface area contributed by atoms with Crippen molar-refractivity contribution in [3.63, 3.8) is 0 Å². The third-order valence-electron chi connectivity index (χ3n) is 5.19. The lowest BCUT2D eigenvalue weighted by Gasteiger charge is -2.49. The van der Waals surface area contributed by atoms with E-state index in [2.05, 4.69) is 4.98 Å². The van der Waals surface area contributed by atoms with Crippen molar-refractivity contribution in [1.29, 1.82) is 0 Å². The van der Waals surface area contributed by atoms with Crippen LogP contribution in [-0.4, -0.2) is 44.6 Å². The van der Waals surface area contributed by atoms with Crippen LogP contribution in [0.3, 0.4) is 0 Å². The molecule has 1 fully saturated rings. The Balaban J connectivity index is 1.82.